The number of benzene rings is 3. The fourth-order valence-corrected chi connectivity index (χ4v) is 3.76. The van der Waals surface area contributed by atoms with Gasteiger partial charge in [0, 0.05) is 23.7 Å². The first kappa shape index (κ1) is 20.6. The van der Waals surface area contributed by atoms with Crippen molar-refractivity contribution in [3.05, 3.63) is 95.1 Å². The maximum absolute atomic E-state index is 11.8. The van der Waals surface area contributed by atoms with Crippen LogP contribution in [-0.2, 0) is 4.74 Å². The quantitative estimate of drug-likeness (QED) is 0.602. The van der Waals surface area contributed by atoms with E-state index in [4.69, 9.17) is 14.5 Å². The number of phenolic OH excluding ortho intramolecular Hbond substituents is 1. The predicted molar refractivity (Wildman–Crippen MR) is 119 cm³/mol. The standard InChI is InChI=1S/C25H24N2O4/c1-30-19-7-5-6-18(14-19)21-15-22(20-8-3-4-9-23(20)28)27-24(26-21)16-10-12-17(13-11-16)25(29)31-2/h3-14,22,24,27-28H,15H2,1-2H3. The van der Waals surface area contributed by atoms with E-state index in [-0.39, 0.29) is 23.9 Å². The summed E-state index contributed by atoms with van der Waals surface area (Å²) in [5, 5.41) is 14.0. The third-order valence-corrected chi connectivity index (χ3v) is 5.40. The Kier molecular flexibility index (Phi) is 6.00. The van der Waals surface area contributed by atoms with Crippen molar-refractivity contribution in [2.45, 2.75) is 18.6 Å². The second-order valence-corrected chi connectivity index (χ2v) is 7.31. The van der Waals surface area contributed by atoms with Crippen LogP contribution in [0, 0.1) is 0 Å². The van der Waals surface area contributed by atoms with Gasteiger partial charge in [-0.3, -0.25) is 10.3 Å². The molecule has 4 rings (SSSR count). The van der Waals surface area contributed by atoms with Crippen LogP contribution in [0.5, 0.6) is 11.5 Å². The number of aromatic hydroxyl groups is 1. The minimum Gasteiger partial charge on any atom is -0.508 e. The lowest BCUT2D eigenvalue weighted by Gasteiger charge is -2.31. The number of esters is 1. The summed E-state index contributed by atoms with van der Waals surface area (Å²) < 4.78 is 10.2. The summed E-state index contributed by atoms with van der Waals surface area (Å²) in [5.74, 6) is 0.624. The Morgan fingerprint density at radius 3 is 2.52 bits per heavy atom. The van der Waals surface area contributed by atoms with Gasteiger partial charge in [0.15, 0.2) is 0 Å². The fourth-order valence-electron chi connectivity index (χ4n) is 3.76. The van der Waals surface area contributed by atoms with E-state index in [2.05, 4.69) is 5.32 Å². The Bertz CT molecular complexity index is 1110. The minimum atomic E-state index is -0.379. The first-order valence-electron chi connectivity index (χ1n) is 10.0. The Hall–Kier alpha value is -3.64. The number of para-hydroxylation sites is 1. The number of aliphatic imine (C=N–C) groups is 1. The smallest absolute Gasteiger partial charge is 0.337 e. The van der Waals surface area contributed by atoms with Crippen molar-refractivity contribution in [2.24, 2.45) is 4.99 Å². The van der Waals surface area contributed by atoms with Crippen LogP contribution in [0.15, 0.2) is 77.8 Å². The first-order valence-corrected chi connectivity index (χ1v) is 10.0. The molecule has 2 atom stereocenters. The second kappa shape index (κ2) is 9.02. The number of nitrogens with one attached hydrogen (secondary N) is 1. The predicted octanol–water partition coefficient (Wildman–Crippen LogP) is 4.41. The molecule has 0 aromatic heterocycles. The van der Waals surface area contributed by atoms with E-state index >= 15 is 0 Å². The van der Waals surface area contributed by atoms with E-state index in [1.165, 1.54) is 7.11 Å². The Balaban J connectivity index is 1.73. The topological polar surface area (TPSA) is 80.2 Å². The number of carbonyl (C=O) groups excluding carboxylic acids is 1. The van der Waals surface area contributed by atoms with Gasteiger partial charge >= 0.3 is 5.97 Å². The molecule has 6 nitrogen and oxygen atoms in total. The Morgan fingerprint density at radius 1 is 1.03 bits per heavy atom. The number of methoxy groups -OCH3 is 2. The van der Waals surface area contributed by atoms with Crippen molar-refractivity contribution in [3.63, 3.8) is 0 Å². The van der Waals surface area contributed by atoms with Gasteiger partial charge in [-0.15, -0.1) is 0 Å². The van der Waals surface area contributed by atoms with Crippen LogP contribution in [-0.4, -0.2) is 31.0 Å². The maximum atomic E-state index is 11.8. The van der Waals surface area contributed by atoms with Gasteiger partial charge in [0.05, 0.1) is 19.8 Å². The minimum absolute atomic E-state index is 0.134. The number of nitrogens with zero attached hydrogens (tertiary/aromatic N) is 1. The van der Waals surface area contributed by atoms with Gasteiger partial charge in [0.25, 0.3) is 0 Å². The highest BCUT2D eigenvalue weighted by atomic mass is 16.5. The molecule has 2 unspecified atom stereocenters. The summed E-state index contributed by atoms with van der Waals surface area (Å²) >= 11 is 0. The lowest BCUT2D eigenvalue weighted by atomic mass is 9.93. The molecular formula is C25H24N2O4. The molecule has 3 aromatic rings. The van der Waals surface area contributed by atoms with E-state index in [9.17, 15) is 9.90 Å². The Labute approximate surface area is 181 Å². The summed E-state index contributed by atoms with van der Waals surface area (Å²) in [5.41, 5.74) is 4.09. The molecule has 1 aliphatic heterocycles. The van der Waals surface area contributed by atoms with E-state index in [1.54, 1.807) is 25.3 Å². The molecule has 1 aliphatic rings. The molecule has 0 saturated heterocycles. The molecule has 3 aromatic carbocycles. The van der Waals surface area contributed by atoms with E-state index in [0.717, 1.165) is 28.2 Å². The SMILES string of the molecule is COC(=O)c1ccc(C2N=C(c3cccc(OC)c3)CC(c3ccccc3O)N2)cc1. The summed E-state index contributed by atoms with van der Waals surface area (Å²) in [7, 11) is 3.00. The van der Waals surface area contributed by atoms with Crippen LogP contribution < -0.4 is 10.1 Å². The summed E-state index contributed by atoms with van der Waals surface area (Å²) in [4.78, 5) is 16.7. The maximum Gasteiger partial charge on any atom is 0.337 e. The zero-order chi connectivity index (χ0) is 21.8. The van der Waals surface area contributed by atoms with E-state index in [1.807, 2.05) is 54.6 Å². The second-order valence-electron chi connectivity index (χ2n) is 7.31. The van der Waals surface area contributed by atoms with Crippen molar-refractivity contribution in [3.8, 4) is 11.5 Å². The van der Waals surface area contributed by atoms with Crippen molar-refractivity contribution in [1.29, 1.82) is 0 Å². The fraction of sp³-hybridized carbons (Fsp3) is 0.200. The highest BCUT2D eigenvalue weighted by Crippen LogP contribution is 2.34. The van der Waals surface area contributed by atoms with Gasteiger partial charge in [0.1, 0.15) is 17.7 Å². The number of hydrogen-bond donors (Lipinski definition) is 2. The number of carbonyl (C=O) groups is 1. The van der Waals surface area contributed by atoms with Crippen molar-refractivity contribution < 1.29 is 19.4 Å². The first-order chi connectivity index (χ1) is 15.1. The zero-order valence-electron chi connectivity index (χ0n) is 17.4. The van der Waals surface area contributed by atoms with Crippen molar-refractivity contribution in [2.75, 3.05) is 14.2 Å². The van der Waals surface area contributed by atoms with Crippen LogP contribution in [0.1, 0.15) is 45.7 Å². The number of hydrogen-bond acceptors (Lipinski definition) is 6. The van der Waals surface area contributed by atoms with Gasteiger partial charge in [-0.25, -0.2) is 4.79 Å². The molecule has 0 bridgehead atoms. The third-order valence-electron chi connectivity index (χ3n) is 5.40. The molecule has 6 heteroatoms. The normalized spacial score (nSPS) is 18.2. The molecule has 0 radical (unpaired) electrons. The largest absolute Gasteiger partial charge is 0.508 e. The summed E-state index contributed by atoms with van der Waals surface area (Å²) in [6.07, 6.45) is 0.271. The van der Waals surface area contributed by atoms with Crippen LogP contribution in [0.25, 0.3) is 0 Å². The molecular weight excluding hydrogens is 392 g/mol. The van der Waals surface area contributed by atoms with Gasteiger partial charge in [-0.05, 0) is 41.5 Å². The van der Waals surface area contributed by atoms with Crippen LogP contribution in [0.3, 0.4) is 0 Å². The van der Waals surface area contributed by atoms with Gasteiger partial charge in [0.2, 0.25) is 0 Å². The summed E-state index contributed by atoms with van der Waals surface area (Å²) in [6.45, 7) is 0. The number of phenols is 1. The van der Waals surface area contributed by atoms with Gasteiger partial charge in [-0.2, -0.15) is 0 Å². The zero-order valence-corrected chi connectivity index (χ0v) is 17.4. The van der Waals surface area contributed by atoms with Crippen molar-refractivity contribution in [1.82, 2.24) is 5.32 Å². The molecule has 158 valence electrons. The molecule has 2 N–H and O–H groups in total. The lowest BCUT2D eigenvalue weighted by molar-refractivity contribution is 0.0600. The number of ether oxygens (including phenoxy) is 2. The molecule has 0 fully saturated rings. The van der Waals surface area contributed by atoms with Crippen LogP contribution in [0.2, 0.25) is 0 Å². The van der Waals surface area contributed by atoms with Crippen molar-refractivity contribution >= 4 is 11.7 Å². The molecule has 0 aliphatic carbocycles. The number of rotatable bonds is 5. The average Bonchev–Trinajstić information content (AvgIpc) is 2.83. The molecule has 0 amide bonds. The average molecular weight is 416 g/mol. The van der Waals surface area contributed by atoms with Crippen LogP contribution >= 0.6 is 0 Å². The highest BCUT2D eigenvalue weighted by molar-refractivity contribution is 6.02. The summed E-state index contributed by atoms with van der Waals surface area (Å²) in [6, 6.07) is 22.2. The molecule has 0 spiro atoms. The molecule has 31 heavy (non-hydrogen) atoms. The highest BCUT2D eigenvalue weighted by Gasteiger charge is 2.27. The van der Waals surface area contributed by atoms with E-state index in [0.29, 0.717) is 12.0 Å². The Morgan fingerprint density at radius 2 is 1.81 bits per heavy atom. The monoisotopic (exact) mass is 416 g/mol. The van der Waals surface area contributed by atoms with Crippen LogP contribution in [0.4, 0.5) is 0 Å². The van der Waals surface area contributed by atoms with Gasteiger partial charge in [-0.1, -0.05) is 42.5 Å². The lowest BCUT2D eigenvalue weighted by Crippen LogP contribution is -2.33. The van der Waals surface area contributed by atoms with Gasteiger partial charge < -0.3 is 14.6 Å². The molecule has 1 heterocycles. The third kappa shape index (κ3) is 4.44. The molecule has 0 saturated carbocycles. The van der Waals surface area contributed by atoms with E-state index < -0.39 is 0 Å².